The van der Waals surface area contributed by atoms with Crippen LogP contribution in [0, 0.1) is 5.92 Å². The van der Waals surface area contributed by atoms with Gasteiger partial charge in [-0.1, -0.05) is 6.92 Å². The largest absolute Gasteiger partial charge is 0.356 e. The summed E-state index contributed by atoms with van der Waals surface area (Å²) >= 11 is 0. The van der Waals surface area contributed by atoms with Gasteiger partial charge in [0, 0.05) is 43.9 Å². The summed E-state index contributed by atoms with van der Waals surface area (Å²) in [5, 5.41) is 3.11. The third kappa shape index (κ3) is 4.57. The molecule has 1 aliphatic heterocycles. The first-order chi connectivity index (χ1) is 10.6. The van der Waals surface area contributed by atoms with Gasteiger partial charge >= 0.3 is 0 Å². The van der Waals surface area contributed by atoms with Crippen LogP contribution >= 0.6 is 0 Å². The molecule has 0 radical (unpaired) electrons. The van der Waals surface area contributed by atoms with Crippen molar-refractivity contribution in [1.29, 1.82) is 0 Å². The first-order valence-electron chi connectivity index (χ1n) is 8.63. The van der Waals surface area contributed by atoms with Crippen molar-refractivity contribution in [2.24, 2.45) is 5.92 Å². The normalized spacial score (nSPS) is 17.1. The van der Waals surface area contributed by atoms with Gasteiger partial charge in [-0.15, -0.1) is 0 Å². The molecular formula is C17H30N4O. The Hall–Kier alpha value is -1.36. The fourth-order valence-electron chi connectivity index (χ4n) is 3.14. The van der Waals surface area contributed by atoms with Crippen molar-refractivity contribution in [3.05, 3.63) is 18.2 Å². The number of hydrogen-bond donors (Lipinski definition) is 1. The Morgan fingerprint density at radius 1 is 1.41 bits per heavy atom. The summed E-state index contributed by atoms with van der Waals surface area (Å²) in [4.78, 5) is 19.0. The van der Waals surface area contributed by atoms with Gasteiger partial charge in [0.15, 0.2) is 0 Å². The molecule has 1 aliphatic rings. The third-order valence-corrected chi connectivity index (χ3v) is 4.62. The second-order valence-electron chi connectivity index (χ2n) is 6.44. The Bertz CT molecular complexity index is 461. The van der Waals surface area contributed by atoms with E-state index in [0.717, 1.165) is 57.7 Å². The van der Waals surface area contributed by atoms with Crippen LogP contribution < -0.4 is 5.32 Å². The number of carbonyl (C=O) groups is 1. The molecule has 1 N–H and O–H groups in total. The minimum atomic E-state index is 0.203. The fourth-order valence-corrected chi connectivity index (χ4v) is 3.14. The van der Waals surface area contributed by atoms with Crippen LogP contribution in [0.5, 0.6) is 0 Å². The first-order valence-corrected chi connectivity index (χ1v) is 8.63. The maximum Gasteiger partial charge on any atom is 0.223 e. The van der Waals surface area contributed by atoms with Gasteiger partial charge in [-0.05, 0) is 46.2 Å². The van der Waals surface area contributed by atoms with E-state index in [1.165, 1.54) is 0 Å². The molecule has 0 bridgehead atoms. The number of imidazole rings is 1. The Morgan fingerprint density at radius 2 is 2.14 bits per heavy atom. The molecule has 0 saturated carbocycles. The zero-order chi connectivity index (χ0) is 15.9. The highest BCUT2D eigenvalue weighted by molar-refractivity contribution is 5.78. The molecule has 2 heterocycles. The average Bonchev–Trinajstić information content (AvgIpc) is 2.99. The molecule has 2 rings (SSSR count). The molecule has 1 amide bonds. The van der Waals surface area contributed by atoms with Crippen molar-refractivity contribution in [2.75, 3.05) is 19.6 Å². The zero-order valence-corrected chi connectivity index (χ0v) is 14.2. The van der Waals surface area contributed by atoms with Gasteiger partial charge in [-0.25, -0.2) is 4.98 Å². The highest BCUT2D eigenvalue weighted by Gasteiger charge is 2.25. The summed E-state index contributed by atoms with van der Waals surface area (Å²) in [7, 11) is 0. The van der Waals surface area contributed by atoms with E-state index in [0.29, 0.717) is 6.04 Å². The van der Waals surface area contributed by atoms with Crippen molar-refractivity contribution in [1.82, 2.24) is 19.8 Å². The lowest BCUT2D eigenvalue weighted by molar-refractivity contribution is -0.126. The maximum absolute atomic E-state index is 12.2. The van der Waals surface area contributed by atoms with Crippen molar-refractivity contribution < 1.29 is 4.79 Å². The van der Waals surface area contributed by atoms with Crippen LogP contribution in [0.3, 0.4) is 0 Å². The minimum Gasteiger partial charge on any atom is -0.356 e. The van der Waals surface area contributed by atoms with Crippen LogP contribution in [0.2, 0.25) is 0 Å². The number of aryl methyl sites for hydroxylation is 2. The van der Waals surface area contributed by atoms with Crippen LogP contribution in [-0.2, 0) is 17.8 Å². The third-order valence-electron chi connectivity index (χ3n) is 4.62. The van der Waals surface area contributed by atoms with E-state index in [1.54, 1.807) is 0 Å². The average molecular weight is 306 g/mol. The van der Waals surface area contributed by atoms with E-state index in [4.69, 9.17) is 0 Å². The second-order valence-corrected chi connectivity index (χ2v) is 6.44. The van der Waals surface area contributed by atoms with E-state index in [2.05, 4.69) is 40.5 Å². The number of carbonyl (C=O) groups excluding carboxylic acids is 1. The summed E-state index contributed by atoms with van der Waals surface area (Å²) in [6.45, 7) is 10.3. The smallest absolute Gasteiger partial charge is 0.223 e. The summed E-state index contributed by atoms with van der Waals surface area (Å²) in [5.41, 5.74) is 0. The number of aromatic nitrogens is 2. The van der Waals surface area contributed by atoms with E-state index in [1.807, 2.05) is 12.4 Å². The Kier molecular flexibility index (Phi) is 6.43. The second kappa shape index (κ2) is 8.32. The van der Waals surface area contributed by atoms with Crippen molar-refractivity contribution >= 4 is 5.91 Å². The van der Waals surface area contributed by atoms with Crippen molar-refractivity contribution in [2.45, 2.75) is 59.0 Å². The van der Waals surface area contributed by atoms with Crippen LogP contribution in [0.15, 0.2) is 12.4 Å². The van der Waals surface area contributed by atoms with Gasteiger partial charge < -0.3 is 14.8 Å². The van der Waals surface area contributed by atoms with Gasteiger partial charge in [0.2, 0.25) is 5.91 Å². The molecule has 22 heavy (non-hydrogen) atoms. The molecular weight excluding hydrogens is 276 g/mol. The van der Waals surface area contributed by atoms with Crippen LogP contribution in [-0.4, -0.2) is 46.0 Å². The first kappa shape index (κ1) is 17.0. The lowest BCUT2D eigenvalue weighted by atomic mass is 9.95. The maximum atomic E-state index is 12.2. The molecule has 1 saturated heterocycles. The van der Waals surface area contributed by atoms with E-state index < -0.39 is 0 Å². The lowest BCUT2D eigenvalue weighted by Gasteiger charge is -2.33. The molecule has 0 atom stereocenters. The number of amides is 1. The highest BCUT2D eigenvalue weighted by atomic mass is 16.1. The van der Waals surface area contributed by atoms with Gasteiger partial charge in [-0.2, -0.15) is 0 Å². The monoisotopic (exact) mass is 306 g/mol. The number of rotatable bonds is 7. The Labute approximate surface area is 134 Å². The quantitative estimate of drug-likeness (QED) is 0.785. The zero-order valence-electron chi connectivity index (χ0n) is 14.2. The standard InChI is InChI=1S/C17H30N4O/c1-4-16-18-9-13-21(16)10-5-8-19-17(22)15-6-11-20(12-7-15)14(2)3/h9,13-15H,4-8,10-12H2,1-3H3,(H,19,22). The summed E-state index contributed by atoms with van der Waals surface area (Å²) in [5.74, 6) is 1.56. The lowest BCUT2D eigenvalue weighted by Crippen LogP contribution is -2.43. The number of likely N-dealkylation sites (tertiary alicyclic amines) is 1. The summed E-state index contributed by atoms with van der Waals surface area (Å²) < 4.78 is 2.17. The molecule has 0 aromatic carbocycles. The molecule has 0 aliphatic carbocycles. The van der Waals surface area contributed by atoms with Gasteiger partial charge in [-0.3, -0.25) is 4.79 Å². The number of nitrogens with zero attached hydrogens (tertiary/aromatic N) is 3. The van der Waals surface area contributed by atoms with Crippen LogP contribution in [0.1, 0.15) is 45.9 Å². The van der Waals surface area contributed by atoms with Crippen LogP contribution in [0.25, 0.3) is 0 Å². The Balaban J connectivity index is 1.64. The van der Waals surface area contributed by atoms with Gasteiger partial charge in [0.25, 0.3) is 0 Å². The fraction of sp³-hybridized carbons (Fsp3) is 0.765. The predicted octanol–water partition coefficient (Wildman–Crippen LogP) is 2.07. The molecule has 5 heteroatoms. The van der Waals surface area contributed by atoms with Crippen molar-refractivity contribution in [3.63, 3.8) is 0 Å². The summed E-state index contributed by atoms with van der Waals surface area (Å²) in [6.07, 6.45) is 7.76. The van der Waals surface area contributed by atoms with E-state index >= 15 is 0 Å². The molecule has 0 unspecified atom stereocenters. The minimum absolute atomic E-state index is 0.203. The van der Waals surface area contributed by atoms with E-state index in [-0.39, 0.29) is 11.8 Å². The summed E-state index contributed by atoms with van der Waals surface area (Å²) in [6, 6.07) is 0.590. The number of nitrogens with one attached hydrogen (secondary N) is 1. The van der Waals surface area contributed by atoms with Gasteiger partial charge in [0.05, 0.1) is 0 Å². The highest BCUT2D eigenvalue weighted by Crippen LogP contribution is 2.18. The molecule has 5 nitrogen and oxygen atoms in total. The molecule has 1 aromatic heterocycles. The number of piperidine rings is 1. The molecule has 1 aromatic rings. The topological polar surface area (TPSA) is 50.2 Å². The molecule has 1 fully saturated rings. The predicted molar refractivity (Wildman–Crippen MR) is 88.7 cm³/mol. The SMILES string of the molecule is CCc1nccn1CCCNC(=O)C1CCN(C(C)C)CC1. The molecule has 124 valence electrons. The van der Waals surface area contributed by atoms with Crippen molar-refractivity contribution in [3.8, 4) is 0 Å². The molecule has 0 spiro atoms. The Morgan fingerprint density at radius 3 is 2.77 bits per heavy atom. The van der Waals surface area contributed by atoms with E-state index in [9.17, 15) is 4.79 Å². The van der Waals surface area contributed by atoms with Crippen LogP contribution in [0.4, 0.5) is 0 Å². The van der Waals surface area contributed by atoms with Gasteiger partial charge in [0.1, 0.15) is 5.82 Å². The number of hydrogen-bond acceptors (Lipinski definition) is 3.